The van der Waals surface area contributed by atoms with E-state index in [4.69, 9.17) is 4.52 Å². The smallest absolute Gasteiger partial charge is 0.223 e. The zero-order valence-corrected chi connectivity index (χ0v) is 12.9. The summed E-state index contributed by atoms with van der Waals surface area (Å²) in [5.41, 5.74) is 1.59. The lowest BCUT2D eigenvalue weighted by Gasteiger charge is -2.26. The van der Waals surface area contributed by atoms with Gasteiger partial charge >= 0.3 is 0 Å². The lowest BCUT2D eigenvalue weighted by Crippen LogP contribution is -2.28. The maximum absolute atomic E-state index is 13.5. The topological polar surface area (TPSA) is 84.1 Å². The number of hydrogen-bond donors (Lipinski definition) is 2. The summed E-state index contributed by atoms with van der Waals surface area (Å²) in [4.78, 5) is 8.72. The molecule has 124 valence electrons. The van der Waals surface area contributed by atoms with Crippen molar-refractivity contribution < 1.29 is 14.0 Å². The Kier molecular flexibility index (Phi) is 3.86. The molecule has 1 aromatic carbocycles. The van der Waals surface area contributed by atoms with Gasteiger partial charge in [-0.3, -0.25) is 0 Å². The van der Waals surface area contributed by atoms with E-state index >= 15 is 0 Å². The summed E-state index contributed by atoms with van der Waals surface area (Å²) in [7, 11) is 0. The molecule has 2 heterocycles. The first-order chi connectivity index (χ1) is 11.7. The Labute approximate surface area is 137 Å². The minimum absolute atomic E-state index is 0.202. The van der Waals surface area contributed by atoms with E-state index in [-0.39, 0.29) is 18.0 Å². The van der Waals surface area contributed by atoms with Gasteiger partial charge in [-0.1, -0.05) is 5.16 Å². The first-order valence-electron chi connectivity index (χ1n) is 8.02. The fraction of sp³-hybridized carbons (Fsp3) is 0.353. The summed E-state index contributed by atoms with van der Waals surface area (Å²) in [5.74, 6) is 0.154. The summed E-state index contributed by atoms with van der Waals surface area (Å²) in [6, 6.07) is 6.24. The summed E-state index contributed by atoms with van der Waals surface area (Å²) in [6.45, 7) is 0. The van der Waals surface area contributed by atoms with E-state index in [9.17, 15) is 9.50 Å². The molecule has 24 heavy (non-hydrogen) atoms. The molecule has 4 rings (SSSR count). The molecule has 0 saturated heterocycles. The SMILES string of the molecule is O[C@H]1CC[C@H](Nc2nccc(-c3noc4ccc(F)cc34)n2)CC1. The molecule has 1 fully saturated rings. The van der Waals surface area contributed by atoms with Crippen LogP contribution in [0.15, 0.2) is 35.0 Å². The second-order valence-electron chi connectivity index (χ2n) is 6.09. The van der Waals surface area contributed by atoms with E-state index in [0.29, 0.717) is 28.3 Å². The Morgan fingerprint density at radius 2 is 2.00 bits per heavy atom. The quantitative estimate of drug-likeness (QED) is 0.768. The summed E-state index contributed by atoms with van der Waals surface area (Å²) in [5, 5.41) is 17.5. The number of nitrogens with one attached hydrogen (secondary N) is 1. The van der Waals surface area contributed by atoms with Crippen molar-refractivity contribution in [3.63, 3.8) is 0 Å². The molecule has 2 aromatic heterocycles. The molecule has 1 aliphatic carbocycles. The van der Waals surface area contributed by atoms with Gasteiger partial charge in [0.15, 0.2) is 5.58 Å². The predicted molar refractivity (Wildman–Crippen MR) is 86.9 cm³/mol. The van der Waals surface area contributed by atoms with Crippen LogP contribution in [0.25, 0.3) is 22.4 Å². The number of nitrogens with zero attached hydrogens (tertiary/aromatic N) is 3. The molecule has 1 aliphatic rings. The first kappa shape index (κ1) is 15.0. The van der Waals surface area contributed by atoms with Crippen LogP contribution in [0, 0.1) is 5.82 Å². The molecule has 0 spiro atoms. The molecule has 7 heteroatoms. The molecule has 2 N–H and O–H groups in total. The Morgan fingerprint density at radius 3 is 2.83 bits per heavy atom. The van der Waals surface area contributed by atoms with Crippen LogP contribution in [0.3, 0.4) is 0 Å². The van der Waals surface area contributed by atoms with E-state index < -0.39 is 0 Å². The third-order valence-electron chi connectivity index (χ3n) is 4.36. The Hall–Kier alpha value is -2.54. The van der Waals surface area contributed by atoms with Crippen LogP contribution in [-0.4, -0.2) is 32.4 Å². The lowest BCUT2D eigenvalue weighted by atomic mass is 9.93. The summed E-state index contributed by atoms with van der Waals surface area (Å²) < 4.78 is 18.7. The van der Waals surface area contributed by atoms with Crippen molar-refractivity contribution in [1.82, 2.24) is 15.1 Å². The monoisotopic (exact) mass is 328 g/mol. The standard InChI is InChI=1S/C17H17FN4O2/c18-10-1-6-15-13(9-10)16(22-24-15)14-7-8-19-17(21-14)20-11-2-4-12(23)5-3-11/h1,6-9,11-12,23H,2-5H2,(H,19,20,21)/t11-,12-. The van der Waals surface area contributed by atoms with Gasteiger partial charge in [0.2, 0.25) is 5.95 Å². The third-order valence-corrected chi connectivity index (χ3v) is 4.36. The van der Waals surface area contributed by atoms with Gasteiger partial charge in [-0.2, -0.15) is 0 Å². The number of aromatic nitrogens is 3. The molecule has 0 bridgehead atoms. The van der Waals surface area contributed by atoms with Crippen LogP contribution in [0.5, 0.6) is 0 Å². The number of hydrogen-bond acceptors (Lipinski definition) is 6. The lowest BCUT2D eigenvalue weighted by molar-refractivity contribution is 0.126. The molecule has 0 amide bonds. The Bertz CT molecular complexity index is 859. The van der Waals surface area contributed by atoms with Gasteiger partial charge in [-0.05, 0) is 49.9 Å². The van der Waals surface area contributed by atoms with Gasteiger partial charge in [0.05, 0.1) is 17.2 Å². The number of rotatable bonds is 3. The average molecular weight is 328 g/mol. The Balaban J connectivity index is 1.61. The van der Waals surface area contributed by atoms with Crippen molar-refractivity contribution >= 4 is 16.9 Å². The molecule has 0 unspecified atom stereocenters. The highest BCUT2D eigenvalue weighted by Crippen LogP contribution is 2.28. The van der Waals surface area contributed by atoms with E-state index in [1.807, 2.05) is 0 Å². The minimum Gasteiger partial charge on any atom is -0.393 e. The van der Waals surface area contributed by atoms with Gasteiger partial charge in [-0.25, -0.2) is 14.4 Å². The third kappa shape index (κ3) is 2.94. The summed E-state index contributed by atoms with van der Waals surface area (Å²) in [6.07, 6.45) is 4.77. The van der Waals surface area contributed by atoms with E-state index in [2.05, 4.69) is 20.4 Å². The van der Waals surface area contributed by atoms with Crippen LogP contribution in [0.4, 0.5) is 10.3 Å². The molecular weight excluding hydrogens is 311 g/mol. The number of anilines is 1. The molecule has 3 aromatic rings. The zero-order chi connectivity index (χ0) is 16.5. The van der Waals surface area contributed by atoms with Crippen LogP contribution >= 0.6 is 0 Å². The molecular formula is C17H17FN4O2. The number of benzene rings is 1. The highest BCUT2D eigenvalue weighted by Gasteiger charge is 2.20. The van der Waals surface area contributed by atoms with Crippen LogP contribution in [0.1, 0.15) is 25.7 Å². The van der Waals surface area contributed by atoms with Crippen LogP contribution in [-0.2, 0) is 0 Å². The molecule has 0 aliphatic heterocycles. The van der Waals surface area contributed by atoms with E-state index in [1.165, 1.54) is 12.1 Å². The largest absolute Gasteiger partial charge is 0.393 e. The van der Waals surface area contributed by atoms with Crippen molar-refractivity contribution in [1.29, 1.82) is 0 Å². The molecule has 0 radical (unpaired) electrons. The molecule has 0 atom stereocenters. The normalized spacial score (nSPS) is 21.1. The van der Waals surface area contributed by atoms with Gasteiger partial charge in [-0.15, -0.1) is 0 Å². The fourth-order valence-electron chi connectivity index (χ4n) is 3.06. The number of aliphatic hydroxyl groups is 1. The maximum Gasteiger partial charge on any atom is 0.223 e. The van der Waals surface area contributed by atoms with E-state index in [0.717, 1.165) is 25.7 Å². The predicted octanol–water partition coefficient (Wildman–Crippen LogP) is 3.14. The highest BCUT2D eigenvalue weighted by atomic mass is 19.1. The maximum atomic E-state index is 13.5. The second kappa shape index (κ2) is 6.16. The first-order valence-corrected chi connectivity index (χ1v) is 8.02. The highest BCUT2D eigenvalue weighted by molar-refractivity contribution is 5.90. The Morgan fingerprint density at radius 1 is 1.17 bits per heavy atom. The number of halogens is 1. The van der Waals surface area contributed by atoms with Crippen LogP contribution in [0.2, 0.25) is 0 Å². The zero-order valence-electron chi connectivity index (χ0n) is 12.9. The minimum atomic E-state index is -0.347. The van der Waals surface area contributed by atoms with Gasteiger partial charge < -0.3 is 14.9 Å². The van der Waals surface area contributed by atoms with Gasteiger partial charge in [0.1, 0.15) is 11.5 Å². The van der Waals surface area contributed by atoms with E-state index in [1.54, 1.807) is 18.3 Å². The van der Waals surface area contributed by atoms with Crippen molar-refractivity contribution in [3.05, 3.63) is 36.3 Å². The number of aliphatic hydroxyl groups excluding tert-OH is 1. The van der Waals surface area contributed by atoms with Gasteiger partial charge in [0, 0.05) is 12.2 Å². The fourth-order valence-corrected chi connectivity index (χ4v) is 3.06. The van der Waals surface area contributed by atoms with Crippen molar-refractivity contribution in [2.24, 2.45) is 0 Å². The number of fused-ring (bicyclic) bond motifs is 1. The van der Waals surface area contributed by atoms with Gasteiger partial charge in [0.25, 0.3) is 0 Å². The van der Waals surface area contributed by atoms with Crippen molar-refractivity contribution in [2.45, 2.75) is 37.8 Å². The average Bonchev–Trinajstić information content (AvgIpc) is 3.00. The summed E-state index contributed by atoms with van der Waals surface area (Å²) >= 11 is 0. The molecule has 1 saturated carbocycles. The van der Waals surface area contributed by atoms with Crippen molar-refractivity contribution in [3.8, 4) is 11.4 Å². The second-order valence-corrected chi connectivity index (χ2v) is 6.09. The van der Waals surface area contributed by atoms with Crippen LogP contribution < -0.4 is 5.32 Å². The molecule has 6 nitrogen and oxygen atoms in total. The van der Waals surface area contributed by atoms with Crippen molar-refractivity contribution in [2.75, 3.05) is 5.32 Å².